The molecule has 0 saturated heterocycles. The molecule has 6 nitrogen and oxygen atoms in total. The third kappa shape index (κ3) is 5.07. The van der Waals surface area contributed by atoms with Crippen LogP contribution in [0.3, 0.4) is 0 Å². The number of carboxylic acids is 1. The summed E-state index contributed by atoms with van der Waals surface area (Å²) in [6, 6.07) is 6.55. The number of hydrogen-bond acceptors (Lipinski definition) is 4. The molecule has 1 saturated carbocycles. The smallest absolute Gasteiger partial charge is 0.339 e. The summed E-state index contributed by atoms with van der Waals surface area (Å²) < 4.78 is 5.44. The molecule has 21 heavy (non-hydrogen) atoms. The zero-order chi connectivity index (χ0) is 15.1. The Balaban J connectivity index is 1.57. The van der Waals surface area contributed by atoms with Crippen LogP contribution in [0.15, 0.2) is 24.3 Å². The molecule has 0 unspecified atom stereocenters. The summed E-state index contributed by atoms with van der Waals surface area (Å²) in [6.45, 7) is 2.23. The average molecular weight is 292 g/mol. The summed E-state index contributed by atoms with van der Waals surface area (Å²) >= 11 is 0. The Hall–Kier alpha value is -2.08. The van der Waals surface area contributed by atoms with Crippen molar-refractivity contribution >= 4 is 11.9 Å². The van der Waals surface area contributed by atoms with Gasteiger partial charge in [-0.25, -0.2) is 4.79 Å². The van der Waals surface area contributed by atoms with Gasteiger partial charge in [0, 0.05) is 25.6 Å². The number of para-hydroxylation sites is 1. The van der Waals surface area contributed by atoms with Crippen molar-refractivity contribution in [1.29, 1.82) is 0 Å². The van der Waals surface area contributed by atoms with E-state index < -0.39 is 5.97 Å². The summed E-state index contributed by atoms with van der Waals surface area (Å²) in [5.41, 5.74) is 0.161. The van der Waals surface area contributed by atoms with E-state index in [1.54, 1.807) is 18.2 Å². The van der Waals surface area contributed by atoms with Crippen molar-refractivity contribution in [3.8, 4) is 5.75 Å². The molecule has 0 spiro atoms. The maximum atomic E-state index is 11.4. The van der Waals surface area contributed by atoms with Crippen LogP contribution in [0.25, 0.3) is 0 Å². The maximum Gasteiger partial charge on any atom is 0.339 e. The van der Waals surface area contributed by atoms with Gasteiger partial charge in [0.15, 0.2) is 0 Å². The van der Waals surface area contributed by atoms with E-state index in [1.165, 1.54) is 6.07 Å². The number of ether oxygens (including phenoxy) is 1. The molecular formula is C15H20N2O4. The van der Waals surface area contributed by atoms with Crippen LogP contribution in [0.4, 0.5) is 0 Å². The Morgan fingerprint density at radius 3 is 2.67 bits per heavy atom. The summed E-state index contributed by atoms with van der Waals surface area (Å²) in [5, 5.41) is 15.0. The number of carbonyl (C=O) groups is 2. The van der Waals surface area contributed by atoms with E-state index in [0.29, 0.717) is 32.0 Å². The normalized spacial score (nSPS) is 13.7. The van der Waals surface area contributed by atoms with Gasteiger partial charge in [-0.15, -0.1) is 0 Å². The van der Waals surface area contributed by atoms with E-state index in [2.05, 4.69) is 10.6 Å². The quantitative estimate of drug-likeness (QED) is 0.588. The molecule has 0 bridgehead atoms. The van der Waals surface area contributed by atoms with Gasteiger partial charge in [0.05, 0.1) is 0 Å². The molecule has 3 N–H and O–H groups in total. The Morgan fingerprint density at radius 2 is 1.95 bits per heavy atom. The van der Waals surface area contributed by atoms with Crippen LogP contribution >= 0.6 is 0 Å². The number of rotatable bonds is 9. The van der Waals surface area contributed by atoms with Gasteiger partial charge >= 0.3 is 5.97 Å². The first kappa shape index (κ1) is 15.3. The van der Waals surface area contributed by atoms with Crippen LogP contribution in [0.5, 0.6) is 5.75 Å². The van der Waals surface area contributed by atoms with Crippen molar-refractivity contribution in [3.63, 3.8) is 0 Å². The van der Waals surface area contributed by atoms with Crippen LogP contribution in [0.1, 0.15) is 23.2 Å². The number of hydrogen-bond donors (Lipinski definition) is 3. The van der Waals surface area contributed by atoms with Crippen LogP contribution in [0, 0.1) is 5.92 Å². The Kier molecular flexibility index (Phi) is 5.57. The molecule has 1 aliphatic carbocycles. The second-order valence-electron chi connectivity index (χ2n) is 4.97. The average Bonchev–Trinajstić information content (AvgIpc) is 3.31. The number of carbonyl (C=O) groups excluding carboxylic acids is 1. The molecule has 2 rings (SSSR count). The molecule has 6 heteroatoms. The van der Waals surface area contributed by atoms with Crippen molar-refractivity contribution in [2.45, 2.75) is 12.8 Å². The molecule has 114 valence electrons. The zero-order valence-corrected chi connectivity index (χ0v) is 11.8. The predicted molar refractivity (Wildman–Crippen MR) is 77.5 cm³/mol. The fourth-order valence-corrected chi connectivity index (χ4v) is 1.89. The van der Waals surface area contributed by atoms with E-state index >= 15 is 0 Å². The minimum Gasteiger partial charge on any atom is -0.491 e. The van der Waals surface area contributed by atoms with Crippen LogP contribution in [-0.2, 0) is 4.79 Å². The van der Waals surface area contributed by atoms with E-state index in [4.69, 9.17) is 9.84 Å². The zero-order valence-electron chi connectivity index (χ0n) is 11.8. The highest BCUT2D eigenvalue weighted by Gasteiger charge is 2.28. The number of amides is 1. The largest absolute Gasteiger partial charge is 0.491 e. The second kappa shape index (κ2) is 7.64. The fraction of sp³-hybridized carbons (Fsp3) is 0.467. The number of aromatic carboxylic acids is 1. The van der Waals surface area contributed by atoms with E-state index in [1.807, 2.05) is 0 Å². The van der Waals surface area contributed by atoms with Crippen LogP contribution < -0.4 is 15.4 Å². The summed E-state index contributed by atoms with van der Waals surface area (Å²) in [6.07, 6.45) is 2.02. The van der Waals surface area contributed by atoms with Gasteiger partial charge in [-0.05, 0) is 25.0 Å². The highest BCUT2D eigenvalue weighted by Crippen LogP contribution is 2.28. The molecule has 0 heterocycles. The van der Waals surface area contributed by atoms with Gasteiger partial charge < -0.3 is 20.5 Å². The second-order valence-corrected chi connectivity index (χ2v) is 4.97. The van der Waals surface area contributed by atoms with Gasteiger partial charge in [0.1, 0.15) is 17.9 Å². The van der Waals surface area contributed by atoms with E-state index in [-0.39, 0.29) is 17.4 Å². The van der Waals surface area contributed by atoms with Gasteiger partial charge in [0.2, 0.25) is 5.91 Å². The van der Waals surface area contributed by atoms with E-state index in [0.717, 1.165) is 12.8 Å². The molecule has 0 radical (unpaired) electrons. The third-order valence-corrected chi connectivity index (χ3v) is 3.20. The summed E-state index contributed by atoms with van der Waals surface area (Å²) in [7, 11) is 0. The number of nitrogens with one attached hydrogen (secondary N) is 2. The van der Waals surface area contributed by atoms with Crippen LogP contribution in [-0.4, -0.2) is 43.2 Å². The first-order valence-corrected chi connectivity index (χ1v) is 7.12. The van der Waals surface area contributed by atoms with Crippen molar-refractivity contribution in [3.05, 3.63) is 29.8 Å². The molecule has 0 aromatic heterocycles. The predicted octanol–water partition coefficient (Wildman–Crippen LogP) is 0.879. The number of benzene rings is 1. The minimum absolute atomic E-state index is 0.142. The third-order valence-electron chi connectivity index (χ3n) is 3.20. The van der Waals surface area contributed by atoms with E-state index in [9.17, 15) is 9.59 Å². The maximum absolute atomic E-state index is 11.4. The Labute approximate surface area is 123 Å². The summed E-state index contributed by atoms with van der Waals surface area (Å²) in [5.74, 6) is -0.250. The molecular weight excluding hydrogens is 272 g/mol. The lowest BCUT2D eigenvalue weighted by molar-refractivity contribution is -0.122. The van der Waals surface area contributed by atoms with Crippen molar-refractivity contribution in [1.82, 2.24) is 10.6 Å². The van der Waals surface area contributed by atoms with Gasteiger partial charge in [-0.2, -0.15) is 0 Å². The molecule has 1 aliphatic rings. The first-order chi connectivity index (χ1) is 10.2. The molecule has 0 atom stereocenters. The van der Waals surface area contributed by atoms with Crippen molar-refractivity contribution in [2.24, 2.45) is 5.92 Å². The van der Waals surface area contributed by atoms with Gasteiger partial charge in [-0.3, -0.25) is 4.79 Å². The minimum atomic E-state index is -0.999. The monoisotopic (exact) mass is 292 g/mol. The fourth-order valence-electron chi connectivity index (χ4n) is 1.89. The lowest BCUT2D eigenvalue weighted by Crippen LogP contribution is -2.34. The molecule has 1 amide bonds. The lowest BCUT2D eigenvalue weighted by Gasteiger charge is -2.10. The number of carboxylic acid groups (broad SMARTS) is 1. The topological polar surface area (TPSA) is 87.7 Å². The van der Waals surface area contributed by atoms with Crippen LogP contribution in [0.2, 0.25) is 0 Å². The van der Waals surface area contributed by atoms with Crippen molar-refractivity contribution < 1.29 is 19.4 Å². The lowest BCUT2D eigenvalue weighted by atomic mass is 10.2. The summed E-state index contributed by atoms with van der Waals surface area (Å²) in [4.78, 5) is 22.3. The standard InChI is InChI=1S/C15H20N2O4/c18-14(11-5-6-11)17-8-7-16-9-10-21-13-4-2-1-3-12(13)15(19)20/h1-4,11,16H,5-10H2,(H,17,18)(H,19,20). The van der Waals surface area contributed by atoms with Crippen molar-refractivity contribution in [2.75, 3.05) is 26.2 Å². The molecule has 1 aromatic rings. The molecule has 1 aromatic carbocycles. The molecule has 1 fully saturated rings. The van der Waals surface area contributed by atoms with Gasteiger partial charge in [-0.1, -0.05) is 12.1 Å². The Morgan fingerprint density at radius 1 is 1.19 bits per heavy atom. The van der Waals surface area contributed by atoms with Gasteiger partial charge in [0.25, 0.3) is 0 Å². The molecule has 0 aliphatic heterocycles. The first-order valence-electron chi connectivity index (χ1n) is 7.12. The highest BCUT2D eigenvalue weighted by molar-refractivity contribution is 5.90. The highest BCUT2D eigenvalue weighted by atomic mass is 16.5. The SMILES string of the molecule is O=C(O)c1ccccc1OCCNCCNC(=O)C1CC1. The Bertz CT molecular complexity index is 500.